The second-order valence-corrected chi connectivity index (χ2v) is 6.90. The molecule has 114 valence electrons. The Morgan fingerprint density at radius 1 is 1.29 bits per heavy atom. The van der Waals surface area contributed by atoms with E-state index in [9.17, 15) is 9.59 Å². The standard InChI is InChI=1S/C17H24N2O2/c1-11(19-10-13(16(18)21)9-15(19)20)12-5-7-14(8-6-12)17(2,3)4/h5-8,11,13H,9-10H2,1-4H3,(H2,18,21). The molecule has 2 amide bonds. The number of hydrogen-bond acceptors (Lipinski definition) is 2. The molecular formula is C17H24N2O2. The number of rotatable bonds is 3. The van der Waals surface area contributed by atoms with Gasteiger partial charge in [0.25, 0.3) is 0 Å². The Balaban J connectivity index is 2.15. The average Bonchev–Trinajstić information content (AvgIpc) is 2.79. The summed E-state index contributed by atoms with van der Waals surface area (Å²) in [5, 5.41) is 0. The highest BCUT2D eigenvalue weighted by Crippen LogP contribution is 2.30. The number of amides is 2. The molecule has 21 heavy (non-hydrogen) atoms. The molecule has 0 aromatic heterocycles. The van der Waals surface area contributed by atoms with E-state index in [1.807, 2.05) is 6.92 Å². The van der Waals surface area contributed by atoms with Crippen molar-refractivity contribution in [2.45, 2.75) is 45.6 Å². The molecule has 1 aromatic rings. The van der Waals surface area contributed by atoms with E-state index in [0.717, 1.165) is 5.56 Å². The summed E-state index contributed by atoms with van der Waals surface area (Å²) in [6.45, 7) is 8.94. The lowest BCUT2D eigenvalue weighted by atomic mass is 9.86. The highest BCUT2D eigenvalue weighted by molar-refractivity contribution is 5.88. The van der Waals surface area contributed by atoms with Gasteiger partial charge in [-0.2, -0.15) is 0 Å². The fourth-order valence-corrected chi connectivity index (χ4v) is 2.74. The summed E-state index contributed by atoms with van der Waals surface area (Å²) < 4.78 is 0. The minimum absolute atomic E-state index is 0.00574. The summed E-state index contributed by atoms with van der Waals surface area (Å²) in [7, 11) is 0. The zero-order valence-electron chi connectivity index (χ0n) is 13.2. The van der Waals surface area contributed by atoms with Crippen LogP contribution in [-0.2, 0) is 15.0 Å². The van der Waals surface area contributed by atoms with Crippen molar-refractivity contribution in [3.63, 3.8) is 0 Å². The number of primary amides is 1. The molecule has 0 radical (unpaired) electrons. The van der Waals surface area contributed by atoms with Gasteiger partial charge < -0.3 is 10.6 Å². The van der Waals surface area contributed by atoms with E-state index >= 15 is 0 Å². The van der Waals surface area contributed by atoms with Gasteiger partial charge in [0.2, 0.25) is 11.8 Å². The molecule has 2 N–H and O–H groups in total. The predicted molar refractivity (Wildman–Crippen MR) is 82.6 cm³/mol. The average molecular weight is 288 g/mol. The summed E-state index contributed by atoms with van der Waals surface area (Å²) >= 11 is 0. The van der Waals surface area contributed by atoms with E-state index in [0.29, 0.717) is 6.54 Å². The van der Waals surface area contributed by atoms with Gasteiger partial charge in [-0.25, -0.2) is 0 Å². The van der Waals surface area contributed by atoms with Crippen LogP contribution >= 0.6 is 0 Å². The third-order valence-corrected chi connectivity index (χ3v) is 4.29. The molecule has 1 saturated heterocycles. The lowest BCUT2D eigenvalue weighted by molar-refractivity contribution is -0.130. The largest absolute Gasteiger partial charge is 0.369 e. The van der Waals surface area contributed by atoms with E-state index in [2.05, 4.69) is 45.0 Å². The molecule has 1 aliphatic heterocycles. The van der Waals surface area contributed by atoms with Crippen LogP contribution in [-0.4, -0.2) is 23.3 Å². The van der Waals surface area contributed by atoms with E-state index in [1.165, 1.54) is 5.56 Å². The van der Waals surface area contributed by atoms with Crippen molar-refractivity contribution < 1.29 is 9.59 Å². The van der Waals surface area contributed by atoms with E-state index in [4.69, 9.17) is 5.73 Å². The molecule has 0 spiro atoms. The number of carbonyl (C=O) groups is 2. The first kappa shape index (κ1) is 15.5. The van der Waals surface area contributed by atoms with E-state index in [-0.39, 0.29) is 35.6 Å². The monoisotopic (exact) mass is 288 g/mol. The molecule has 0 bridgehead atoms. The molecule has 1 aliphatic rings. The van der Waals surface area contributed by atoms with Gasteiger partial charge in [0, 0.05) is 13.0 Å². The first-order valence-electron chi connectivity index (χ1n) is 7.39. The van der Waals surface area contributed by atoms with Gasteiger partial charge in [0.15, 0.2) is 0 Å². The van der Waals surface area contributed by atoms with Gasteiger partial charge >= 0.3 is 0 Å². The molecule has 1 aromatic carbocycles. The van der Waals surface area contributed by atoms with Crippen LogP contribution < -0.4 is 5.73 Å². The first-order valence-corrected chi connectivity index (χ1v) is 7.39. The highest BCUT2D eigenvalue weighted by Gasteiger charge is 2.35. The lowest BCUT2D eigenvalue weighted by Gasteiger charge is -2.26. The van der Waals surface area contributed by atoms with Crippen LogP contribution in [0, 0.1) is 5.92 Å². The Bertz CT molecular complexity index is 543. The molecule has 4 nitrogen and oxygen atoms in total. The van der Waals surface area contributed by atoms with Crippen LogP contribution in [0.1, 0.15) is 51.3 Å². The normalized spacial score (nSPS) is 20.7. The minimum atomic E-state index is -0.388. The van der Waals surface area contributed by atoms with Gasteiger partial charge in [-0.1, -0.05) is 45.0 Å². The number of nitrogens with two attached hydrogens (primary N) is 1. The smallest absolute Gasteiger partial charge is 0.223 e. The third-order valence-electron chi connectivity index (χ3n) is 4.29. The maximum atomic E-state index is 12.0. The van der Waals surface area contributed by atoms with E-state index in [1.54, 1.807) is 4.90 Å². The summed E-state index contributed by atoms with van der Waals surface area (Å²) in [4.78, 5) is 25.0. The summed E-state index contributed by atoms with van der Waals surface area (Å²) in [6, 6.07) is 8.32. The number of nitrogens with zero attached hydrogens (tertiary/aromatic N) is 1. The topological polar surface area (TPSA) is 63.4 Å². The van der Waals surface area contributed by atoms with Crippen LogP contribution in [0.3, 0.4) is 0 Å². The number of benzene rings is 1. The molecule has 0 saturated carbocycles. The summed E-state index contributed by atoms with van der Waals surface area (Å²) in [6.07, 6.45) is 0.236. The van der Waals surface area contributed by atoms with Crippen molar-refractivity contribution in [1.29, 1.82) is 0 Å². The Morgan fingerprint density at radius 2 is 1.86 bits per heavy atom. The zero-order valence-corrected chi connectivity index (χ0v) is 13.2. The fourth-order valence-electron chi connectivity index (χ4n) is 2.74. The third kappa shape index (κ3) is 3.26. The van der Waals surface area contributed by atoms with Crippen molar-refractivity contribution in [3.05, 3.63) is 35.4 Å². The molecule has 4 heteroatoms. The molecule has 2 unspecified atom stereocenters. The molecular weight excluding hydrogens is 264 g/mol. The first-order chi connectivity index (χ1) is 9.70. The Kier molecular flexibility index (Phi) is 4.08. The van der Waals surface area contributed by atoms with Crippen molar-refractivity contribution in [2.24, 2.45) is 11.7 Å². The zero-order chi connectivity index (χ0) is 15.8. The van der Waals surface area contributed by atoms with Crippen molar-refractivity contribution in [3.8, 4) is 0 Å². The van der Waals surface area contributed by atoms with Gasteiger partial charge in [0.05, 0.1) is 12.0 Å². The summed E-state index contributed by atoms with van der Waals surface area (Å²) in [5.74, 6) is -0.735. The number of carbonyl (C=O) groups excluding carboxylic acids is 2. The molecule has 0 aliphatic carbocycles. The lowest BCUT2D eigenvalue weighted by Crippen LogP contribution is -2.30. The molecule has 2 atom stereocenters. The van der Waals surface area contributed by atoms with Crippen LogP contribution in [0.2, 0.25) is 0 Å². The minimum Gasteiger partial charge on any atom is -0.369 e. The predicted octanol–water partition coefficient (Wildman–Crippen LogP) is 2.38. The highest BCUT2D eigenvalue weighted by atomic mass is 16.2. The van der Waals surface area contributed by atoms with Gasteiger partial charge in [-0.05, 0) is 23.5 Å². The van der Waals surface area contributed by atoms with Crippen molar-refractivity contribution >= 4 is 11.8 Å². The maximum Gasteiger partial charge on any atom is 0.223 e. The van der Waals surface area contributed by atoms with Gasteiger partial charge in [0.1, 0.15) is 0 Å². The van der Waals surface area contributed by atoms with Crippen LogP contribution in [0.25, 0.3) is 0 Å². The van der Waals surface area contributed by atoms with Gasteiger partial charge in [-0.15, -0.1) is 0 Å². The van der Waals surface area contributed by atoms with Crippen molar-refractivity contribution in [1.82, 2.24) is 4.90 Å². The van der Waals surface area contributed by atoms with Gasteiger partial charge in [-0.3, -0.25) is 9.59 Å². The second-order valence-electron chi connectivity index (χ2n) is 6.90. The second kappa shape index (κ2) is 5.51. The Labute approximate surface area is 126 Å². The van der Waals surface area contributed by atoms with Crippen LogP contribution in [0.5, 0.6) is 0 Å². The fraction of sp³-hybridized carbons (Fsp3) is 0.529. The Hall–Kier alpha value is -1.84. The van der Waals surface area contributed by atoms with Crippen molar-refractivity contribution in [2.75, 3.05) is 6.54 Å². The maximum absolute atomic E-state index is 12.0. The quantitative estimate of drug-likeness (QED) is 0.928. The van der Waals surface area contributed by atoms with E-state index < -0.39 is 0 Å². The summed E-state index contributed by atoms with van der Waals surface area (Å²) in [5.41, 5.74) is 7.77. The molecule has 1 heterocycles. The number of hydrogen-bond donors (Lipinski definition) is 1. The molecule has 1 fully saturated rings. The Morgan fingerprint density at radius 3 is 2.29 bits per heavy atom. The number of likely N-dealkylation sites (tertiary alicyclic amines) is 1. The van der Waals surface area contributed by atoms with Crippen LogP contribution in [0.15, 0.2) is 24.3 Å². The molecule has 2 rings (SSSR count). The van der Waals surface area contributed by atoms with Crippen LogP contribution in [0.4, 0.5) is 0 Å². The SMILES string of the molecule is CC(c1ccc(C(C)(C)C)cc1)N1CC(C(N)=O)CC1=O.